The molecule has 2 atom stereocenters. The summed E-state index contributed by atoms with van der Waals surface area (Å²) < 4.78 is 0.194. The van der Waals surface area contributed by atoms with Crippen LogP contribution >= 0.6 is 23.2 Å². The van der Waals surface area contributed by atoms with Crippen molar-refractivity contribution < 1.29 is 4.79 Å². The van der Waals surface area contributed by atoms with Gasteiger partial charge in [0.05, 0.1) is 12.1 Å². The van der Waals surface area contributed by atoms with Gasteiger partial charge in [0, 0.05) is 5.56 Å². The molecule has 0 spiro atoms. The highest BCUT2D eigenvalue weighted by Crippen LogP contribution is 2.59. The zero-order valence-corrected chi connectivity index (χ0v) is 17.1. The molecule has 4 rings (SSSR count). The standard InChI is InChI=1S/C23H20Cl2N2O/c1-23(2)19(12-20(24)25)21(23)22(28)27-26-13-18-16-9-5-3-7-14(16)11-15-8-4-6-10-17(15)18/h3-13,19,21H,1-2H3,(H,27,28). The Hall–Kier alpha value is -2.36. The van der Waals surface area contributed by atoms with E-state index in [9.17, 15) is 4.79 Å². The molecule has 0 aliphatic heterocycles. The Morgan fingerprint density at radius 1 is 1.04 bits per heavy atom. The highest BCUT2D eigenvalue weighted by Gasteiger charge is 2.60. The van der Waals surface area contributed by atoms with Gasteiger partial charge in [-0.15, -0.1) is 0 Å². The number of benzene rings is 3. The fraction of sp³-hybridized carbons (Fsp3) is 0.217. The fourth-order valence-corrected chi connectivity index (χ4v) is 4.31. The van der Waals surface area contributed by atoms with Crippen molar-refractivity contribution in [3.05, 3.63) is 70.7 Å². The SMILES string of the molecule is CC1(C)C(C=C(Cl)Cl)C1C(=O)NN=Cc1c2ccccc2cc2ccccc12. The number of amides is 1. The monoisotopic (exact) mass is 410 g/mol. The van der Waals surface area contributed by atoms with Crippen molar-refractivity contribution in [3.63, 3.8) is 0 Å². The average molecular weight is 411 g/mol. The number of fused-ring (bicyclic) bond motifs is 2. The Kier molecular flexibility index (Phi) is 4.90. The van der Waals surface area contributed by atoms with Gasteiger partial charge in [-0.1, -0.05) is 85.6 Å². The van der Waals surface area contributed by atoms with Crippen molar-refractivity contribution in [1.29, 1.82) is 0 Å². The van der Waals surface area contributed by atoms with E-state index in [1.54, 1.807) is 12.3 Å². The van der Waals surface area contributed by atoms with Gasteiger partial charge in [-0.25, -0.2) is 5.43 Å². The molecule has 1 saturated carbocycles. The van der Waals surface area contributed by atoms with Crippen LogP contribution in [0.4, 0.5) is 0 Å². The third kappa shape index (κ3) is 3.41. The van der Waals surface area contributed by atoms with Gasteiger partial charge < -0.3 is 0 Å². The van der Waals surface area contributed by atoms with Crippen LogP contribution in [0.5, 0.6) is 0 Å². The molecule has 1 aliphatic rings. The lowest BCUT2D eigenvalue weighted by atomic mass is 9.97. The molecule has 0 bridgehead atoms. The molecular formula is C23H20Cl2N2O. The molecule has 0 saturated heterocycles. The largest absolute Gasteiger partial charge is 0.273 e. The van der Waals surface area contributed by atoms with E-state index in [1.807, 2.05) is 38.1 Å². The predicted molar refractivity (Wildman–Crippen MR) is 118 cm³/mol. The van der Waals surface area contributed by atoms with Crippen LogP contribution in [0, 0.1) is 17.3 Å². The van der Waals surface area contributed by atoms with E-state index in [1.165, 1.54) is 0 Å². The van der Waals surface area contributed by atoms with E-state index in [0.717, 1.165) is 27.1 Å². The normalized spacial score (nSPS) is 20.4. The number of nitrogens with one attached hydrogen (secondary N) is 1. The lowest BCUT2D eigenvalue weighted by molar-refractivity contribution is -0.123. The van der Waals surface area contributed by atoms with Crippen molar-refractivity contribution >= 4 is 56.9 Å². The second kappa shape index (κ2) is 7.23. The third-order valence-corrected chi connectivity index (χ3v) is 5.93. The average Bonchev–Trinajstić information content (AvgIpc) is 3.20. The minimum atomic E-state index is -0.193. The Morgan fingerprint density at radius 3 is 2.18 bits per heavy atom. The maximum absolute atomic E-state index is 12.6. The zero-order valence-electron chi connectivity index (χ0n) is 15.6. The van der Waals surface area contributed by atoms with Crippen LogP contribution in [-0.4, -0.2) is 12.1 Å². The molecular weight excluding hydrogens is 391 g/mol. The lowest BCUT2D eigenvalue weighted by Crippen LogP contribution is -2.22. The molecule has 28 heavy (non-hydrogen) atoms. The molecule has 0 aromatic heterocycles. The van der Waals surface area contributed by atoms with Gasteiger partial charge in [0.1, 0.15) is 4.49 Å². The fourth-order valence-electron chi connectivity index (χ4n) is 4.04. The quantitative estimate of drug-likeness (QED) is 0.318. The minimum Gasteiger partial charge on any atom is -0.273 e. The summed E-state index contributed by atoms with van der Waals surface area (Å²) in [6.45, 7) is 4.05. The summed E-state index contributed by atoms with van der Waals surface area (Å²) in [6.07, 6.45) is 3.46. The molecule has 3 aromatic rings. The van der Waals surface area contributed by atoms with Gasteiger partial charge in [-0.05, 0) is 45.0 Å². The van der Waals surface area contributed by atoms with E-state index in [2.05, 4.69) is 40.9 Å². The van der Waals surface area contributed by atoms with Crippen molar-refractivity contribution in [1.82, 2.24) is 5.43 Å². The summed E-state index contributed by atoms with van der Waals surface area (Å²) in [5.41, 5.74) is 3.51. The number of carbonyl (C=O) groups is 1. The summed E-state index contributed by atoms with van der Waals surface area (Å²) in [5, 5.41) is 8.74. The minimum absolute atomic E-state index is 0.0195. The number of rotatable bonds is 4. The molecule has 5 heteroatoms. The number of halogens is 2. The number of nitrogens with zero attached hydrogens (tertiary/aromatic N) is 1. The first-order valence-corrected chi connectivity index (χ1v) is 9.91. The van der Waals surface area contributed by atoms with Crippen LogP contribution in [0.2, 0.25) is 0 Å². The molecule has 0 heterocycles. The number of hydrogen-bond donors (Lipinski definition) is 1. The highest BCUT2D eigenvalue weighted by atomic mass is 35.5. The summed E-state index contributed by atoms with van der Waals surface area (Å²) in [7, 11) is 0. The molecule has 1 aliphatic carbocycles. The smallest absolute Gasteiger partial charge is 0.244 e. The molecule has 1 N–H and O–H groups in total. The maximum atomic E-state index is 12.6. The van der Waals surface area contributed by atoms with Crippen molar-refractivity contribution in [2.24, 2.45) is 22.4 Å². The van der Waals surface area contributed by atoms with Crippen LogP contribution in [-0.2, 0) is 4.79 Å². The molecule has 3 nitrogen and oxygen atoms in total. The van der Waals surface area contributed by atoms with E-state index in [-0.39, 0.29) is 27.6 Å². The molecule has 2 unspecified atom stereocenters. The van der Waals surface area contributed by atoms with Gasteiger partial charge in [0.25, 0.3) is 0 Å². The van der Waals surface area contributed by atoms with Gasteiger partial charge in [-0.3, -0.25) is 4.79 Å². The van der Waals surface area contributed by atoms with Crippen molar-refractivity contribution in [3.8, 4) is 0 Å². The molecule has 1 amide bonds. The Balaban J connectivity index is 1.62. The van der Waals surface area contributed by atoms with Gasteiger partial charge in [0.2, 0.25) is 5.91 Å². The molecule has 0 radical (unpaired) electrons. The molecule has 1 fully saturated rings. The number of carbonyl (C=O) groups excluding carboxylic acids is 1. The van der Waals surface area contributed by atoms with Gasteiger partial charge in [-0.2, -0.15) is 5.10 Å². The van der Waals surface area contributed by atoms with Crippen LogP contribution in [0.1, 0.15) is 19.4 Å². The van der Waals surface area contributed by atoms with Crippen LogP contribution in [0.3, 0.4) is 0 Å². The van der Waals surface area contributed by atoms with Crippen molar-refractivity contribution in [2.45, 2.75) is 13.8 Å². The second-order valence-electron chi connectivity index (χ2n) is 7.75. The lowest BCUT2D eigenvalue weighted by Gasteiger charge is -2.08. The van der Waals surface area contributed by atoms with Crippen LogP contribution < -0.4 is 5.43 Å². The molecule has 3 aromatic carbocycles. The topological polar surface area (TPSA) is 41.5 Å². The number of hydrogen-bond acceptors (Lipinski definition) is 2. The van der Waals surface area contributed by atoms with E-state index in [4.69, 9.17) is 23.2 Å². The zero-order chi connectivity index (χ0) is 19.9. The Bertz CT molecular complexity index is 1080. The Labute approximate surface area is 174 Å². The summed E-state index contributed by atoms with van der Waals surface area (Å²) in [6, 6.07) is 18.5. The van der Waals surface area contributed by atoms with Crippen LogP contribution in [0.15, 0.2) is 70.3 Å². The first-order chi connectivity index (χ1) is 13.4. The summed E-state index contributed by atoms with van der Waals surface area (Å²) in [4.78, 5) is 12.6. The summed E-state index contributed by atoms with van der Waals surface area (Å²) >= 11 is 11.5. The van der Waals surface area contributed by atoms with Crippen LogP contribution in [0.25, 0.3) is 21.5 Å². The van der Waals surface area contributed by atoms with E-state index < -0.39 is 0 Å². The second-order valence-corrected chi connectivity index (χ2v) is 8.76. The maximum Gasteiger partial charge on any atom is 0.244 e. The van der Waals surface area contributed by atoms with Crippen molar-refractivity contribution in [2.75, 3.05) is 0 Å². The van der Waals surface area contributed by atoms with E-state index >= 15 is 0 Å². The Morgan fingerprint density at radius 2 is 1.61 bits per heavy atom. The third-order valence-electron chi connectivity index (χ3n) is 5.68. The first kappa shape index (κ1) is 19.0. The number of allylic oxidation sites excluding steroid dienone is 1. The summed E-state index contributed by atoms with van der Waals surface area (Å²) in [5.74, 6) is -0.297. The molecule has 142 valence electrons. The highest BCUT2D eigenvalue weighted by molar-refractivity contribution is 6.55. The van der Waals surface area contributed by atoms with E-state index in [0.29, 0.717) is 0 Å². The van der Waals surface area contributed by atoms with Gasteiger partial charge >= 0.3 is 0 Å². The predicted octanol–water partition coefficient (Wildman–Crippen LogP) is 6.03. The van der Waals surface area contributed by atoms with Gasteiger partial charge in [0.15, 0.2) is 0 Å². The first-order valence-electron chi connectivity index (χ1n) is 9.16. The number of hydrazone groups is 1.